The molecule has 0 heterocycles. The van der Waals surface area contributed by atoms with Crippen LogP contribution in [0.5, 0.6) is 0 Å². The first-order valence-electron chi connectivity index (χ1n) is 10.0. The Morgan fingerprint density at radius 2 is 1.23 bits per heavy atom. The van der Waals surface area contributed by atoms with Crippen LogP contribution in [-0.4, -0.2) is 19.1 Å². The minimum atomic E-state index is -2.22. The van der Waals surface area contributed by atoms with Crippen LogP contribution in [0.2, 0.25) is 0 Å². The van der Waals surface area contributed by atoms with E-state index in [1.54, 1.807) is 12.1 Å². The maximum atomic E-state index is 13.2. The lowest BCUT2D eigenvalue weighted by molar-refractivity contribution is 0.270. The predicted octanol–water partition coefficient (Wildman–Crippen LogP) is 6.31. The first kappa shape index (κ1) is 21.8. The van der Waals surface area contributed by atoms with Crippen LogP contribution in [-0.2, 0) is 26.3 Å². The summed E-state index contributed by atoms with van der Waals surface area (Å²) in [5.74, 6) is 0. The SMILES string of the molecule is Cc1ccc2c(-c3c(S(=O)OC(C)C)ccc4cc(C)ccc34)c(S(=O)O)ccc2c1. The van der Waals surface area contributed by atoms with Crippen molar-refractivity contribution < 1.29 is 17.2 Å². The zero-order chi connectivity index (χ0) is 22.3. The minimum absolute atomic E-state index is 0.232. The lowest BCUT2D eigenvalue weighted by Crippen LogP contribution is -2.08. The molecular formula is C25H24O4S2. The van der Waals surface area contributed by atoms with Crippen LogP contribution in [0.1, 0.15) is 25.0 Å². The van der Waals surface area contributed by atoms with E-state index in [1.807, 2.05) is 70.2 Å². The number of fused-ring (bicyclic) bond motifs is 2. The molecule has 0 spiro atoms. The molecule has 2 unspecified atom stereocenters. The predicted molar refractivity (Wildman–Crippen MR) is 128 cm³/mol. The molecule has 4 aromatic rings. The first-order chi connectivity index (χ1) is 14.8. The highest BCUT2D eigenvalue weighted by Crippen LogP contribution is 2.42. The second kappa shape index (κ2) is 8.63. The van der Waals surface area contributed by atoms with Gasteiger partial charge in [-0.1, -0.05) is 59.7 Å². The van der Waals surface area contributed by atoms with Crippen molar-refractivity contribution in [3.8, 4) is 11.1 Å². The van der Waals surface area contributed by atoms with Gasteiger partial charge in [-0.25, -0.2) is 8.42 Å². The molecule has 4 rings (SSSR count). The molecule has 0 saturated carbocycles. The van der Waals surface area contributed by atoms with Crippen molar-refractivity contribution >= 4 is 43.7 Å². The summed E-state index contributed by atoms with van der Waals surface area (Å²) in [6.07, 6.45) is -0.232. The average molecular weight is 453 g/mol. The monoisotopic (exact) mass is 452 g/mol. The third kappa shape index (κ3) is 4.21. The highest BCUT2D eigenvalue weighted by molar-refractivity contribution is 7.80. The molecule has 0 aliphatic carbocycles. The van der Waals surface area contributed by atoms with Gasteiger partial charge in [-0.3, -0.25) is 4.18 Å². The van der Waals surface area contributed by atoms with E-state index in [4.69, 9.17) is 4.18 Å². The van der Waals surface area contributed by atoms with Crippen LogP contribution in [0.25, 0.3) is 32.7 Å². The second-order valence-corrected chi connectivity index (χ2v) is 10.00. The quantitative estimate of drug-likeness (QED) is 0.361. The maximum Gasteiger partial charge on any atom is 0.190 e. The normalized spacial score (nSPS) is 13.7. The molecule has 0 saturated heterocycles. The van der Waals surface area contributed by atoms with E-state index >= 15 is 0 Å². The number of hydrogen-bond donors (Lipinski definition) is 1. The highest BCUT2D eigenvalue weighted by atomic mass is 32.2. The van der Waals surface area contributed by atoms with Crippen molar-refractivity contribution in [2.24, 2.45) is 0 Å². The van der Waals surface area contributed by atoms with Crippen LogP contribution >= 0.6 is 0 Å². The van der Waals surface area contributed by atoms with E-state index in [0.717, 1.165) is 32.7 Å². The molecule has 0 radical (unpaired) electrons. The van der Waals surface area contributed by atoms with Crippen LogP contribution < -0.4 is 0 Å². The van der Waals surface area contributed by atoms with Crippen molar-refractivity contribution in [3.63, 3.8) is 0 Å². The first-order valence-corrected chi connectivity index (χ1v) is 12.2. The lowest BCUT2D eigenvalue weighted by Gasteiger charge is -2.18. The standard InChI is InChI=1S/C25H24O4S2/c1-15(2)29-31(28)23-12-8-19-14-17(4)6-10-21(19)25(23)24-20-9-5-16(3)13-18(20)7-11-22(24)30(26)27/h5-15H,1-4H3,(H,26,27). The summed E-state index contributed by atoms with van der Waals surface area (Å²) in [5.41, 5.74) is 3.48. The summed E-state index contributed by atoms with van der Waals surface area (Å²) in [7, 11) is 0. The topological polar surface area (TPSA) is 63.6 Å². The molecule has 0 aromatic heterocycles. The summed E-state index contributed by atoms with van der Waals surface area (Å²) < 4.78 is 41.3. The fraction of sp³-hybridized carbons (Fsp3) is 0.200. The molecule has 31 heavy (non-hydrogen) atoms. The van der Waals surface area contributed by atoms with E-state index in [9.17, 15) is 13.0 Å². The lowest BCUT2D eigenvalue weighted by atomic mass is 9.92. The van der Waals surface area contributed by atoms with Crippen molar-refractivity contribution in [2.75, 3.05) is 0 Å². The van der Waals surface area contributed by atoms with E-state index < -0.39 is 22.2 Å². The van der Waals surface area contributed by atoms with Gasteiger partial charge in [0.15, 0.2) is 22.2 Å². The van der Waals surface area contributed by atoms with Gasteiger partial charge in [-0.2, -0.15) is 0 Å². The zero-order valence-corrected chi connectivity index (χ0v) is 19.5. The number of benzene rings is 4. The van der Waals surface area contributed by atoms with Gasteiger partial charge in [-0.15, -0.1) is 0 Å². The number of aryl methyl sites for hydroxylation is 2. The van der Waals surface area contributed by atoms with Crippen LogP contribution in [0.15, 0.2) is 70.5 Å². The van der Waals surface area contributed by atoms with Gasteiger partial charge in [-0.05, 0) is 61.4 Å². The second-order valence-electron chi connectivity index (χ2n) is 7.96. The molecule has 0 amide bonds. The smallest absolute Gasteiger partial charge is 0.190 e. The van der Waals surface area contributed by atoms with E-state index in [0.29, 0.717) is 16.0 Å². The summed E-state index contributed by atoms with van der Waals surface area (Å²) >= 11 is -3.96. The molecule has 2 atom stereocenters. The Balaban J connectivity index is 2.18. The van der Waals surface area contributed by atoms with Gasteiger partial charge in [0.2, 0.25) is 0 Å². The molecular weight excluding hydrogens is 428 g/mol. The summed E-state index contributed by atoms with van der Waals surface area (Å²) in [5, 5.41) is 3.62. The Hall–Kier alpha value is -2.38. The fourth-order valence-electron chi connectivity index (χ4n) is 3.89. The maximum absolute atomic E-state index is 13.2. The number of hydrogen-bond acceptors (Lipinski definition) is 3. The molecule has 0 fully saturated rings. The summed E-state index contributed by atoms with van der Waals surface area (Å²) in [4.78, 5) is 0.775. The Labute approximate surface area is 187 Å². The van der Waals surface area contributed by atoms with Crippen LogP contribution in [0.3, 0.4) is 0 Å². The Kier molecular flexibility index (Phi) is 6.08. The minimum Gasteiger partial charge on any atom is -0.302 e. The van der Waals surface area contributed by atoms with Gasteiger partial charge < -0.3 is 4.55 Å². The molecule has 4 nitrogen and oxygen atoms in total. The van der Waals surface area contributed by atoms with Crippen LogP contribution in [0.4, 0.5) is 0 Å². The molecule has 1 N–H and O–H groups in total. The zero-order valence-electron chi connectivity index (χ0n) is 17.8. The Bertz CT molecular complexity index is 1360. The summed E-state index contributed by atoms with van der Waals surface area (Å²) in [6.45, 7) is 7.69. The van der Waals surface area contributed by atoms with Gasteiger partial charge >= 0.3 is 0 Å². The molecule has 0 bridgehead atoms. The van der Waals surface area contributed by atoms with E-state index in [2.05, 4.69) is 6.07 Å². The van der Waals surface area contributed by atoms with Gasteiger partial charge in [0.1, 0.15) is 0 Å². The Morgan fingerprint density at radius 3 is 1.71 bits per heavy atom. The van der Waals surface area contributed by atoms with Gasteiger partial charge in [0.25, 0.3) is 0 Å². The highest BCUT2D eigenvalue weighted by Gasteiger charge is 2.23. The third-order valence-electron chi connectivity index (χ3n) is 5.17. The average Bonchev–Trinajstić information content (AvgIpc) is 2.71. The summed E-state index contributed by atoms with van der Waals surface area (Å²) in [6, 6.07) is 19.3. The Morgan fingerprint density at radius 1 is 0.742 bits per heavy atom. The van der Waals surface area contributed by atoms with Gasteiger partial charge in [0, 0.05) is 11.1 Å². The van der Waals surface area contributed by atoms with Crippen molar-refractivity contribution in [1.82, 2.24) is 0 Å². The van der Waals surface area contributed by atoms with Gasteiger partial charge in [0.05, 0.1) is 15.9 Å². The van der Waals surface area contributed by atoms with Crippen molar-refractivity contribution in [1.29, 1.82) is 0 Å². The van der Waals surface area contributed by atoms with Crippen molar-refractivity contribution in [2.45, 2.75) is 43.6 Å². The third-order valence-corrected chi connectivity index (χ3v) is 7.15. The molecule has 0 aliphatic heterocycles. The molecule has 6 heteroatoms. The molecule has 160 valence electrons. The fourth-order valence-corrected chi connectivity index (χ4v) is 5.47. The van der Waals surface area contributed by atoms with Crippen LogP contribution in [0, 0.1) is 13.8 Å². The van der Waals surface area contributed by atoms with E-state index in [-0.39, 0.29) is 11.0 Å². The largest absolute Gasteiger partial charge is 0.302 e. The van der Waals surface area contributed by atoms with E-state index in [1.165, 1.54) is 0 Å². The molecule has 0 aliphatic rings. The van der Waals surface area contributed by atoms with Crippen molar-refractivity contribution in [3.05, 3.63) is 71.8 Å². The number of rotatable bonds is 5. The molecule has 4 aromatic carbocycles.